The minimum absolute atomic E-state index is 0.00892. The minimum Gasteiger partial charge on any atom is -0.444 e. The van der Waals surface area contributed by atoms with Crippen molar-refractivity contribution >= 4 is 11.6 Å². The molecule has 1 aromatic carbocycles. The maximum atomic E-state index is 13.2. The molecule has 0 saturated carbocycles. The van der Waals surface area contributed by atoms with Crippen LogP contribution >= 0.6 is 0 Å². The Morgan fingerprint density at radius 1 is 1.52 bits per heavy atom. The van der Waals surface area contributed by atoms with Gasteiger partial charge in [-0.25, -0.2) is 4.98 Å². The number of halogens is 1. The van der Waals surface area contributed by atoms with Crippen molar-refractivity contribution in [3.05, 3.63) is 57.5 Å². The number of aromatic nitrogens is 1. The van der Waals surface area contributed by atoms with E-state index < -0.39 is 22.3 Å². The molecule has 1 aromatic heterocycles. The second-order valence-electron chi connectivity index (χ2n) is 4.18. The first-order valence-corrected chi connectivity index (χ1v) is 6.17. The molecule has 21 heavy (non-hydrogen) atoms. The van der Waals surface area contributed by atoms with Gasteiger partial charge in [0.15, 0.2) is 0 Å². The number of nitrogens with one attached hydrogen (secondary N) is 1. The van der Waals surface area contributed by atoms with E-state index in [1.54, 1.807) is 6.20 Å². The van der Waals surface area contributed by atoms with Crippen molar-refractivity contribution in [1.29, 1.82) is 0 Å². The fourth-order valence-electron chi connectivity index (χ4n) is 1.64. The molecule has 0 aliphatic rings. The van der Waals surface area contributed by atoms with Gasteiger partial charge in [-0.05, 0) is 12.1 Å². The van der Waals surface area contributed by atoms with E-state index in [1.165, 1.54) is 6.07 Å². The molecule has 2 rings (SSSR count). The predicted molar refractivity (Wildman–Crippen MR) is 70.1 cm³/mol. The fourth-order valence-corrected chi connectivity index (χ4v) is 1.64. The molecule has 1 heterocycles. The van der Waals surface area contributed by atoms with Crippen LogP contribution in [0, 0.1) is 15.9 Å². The number of carbonyl (C=O) groups excluding carboxylic acids is 1. The molecule has 2 aromatic rings. The van der Waals surface area contributed by atoms with Crippen molar-refractivity contribution in [2.75, 3.05) is 0 Å². The van der Waals surface area contributed by atoms with Gasteiger partial charge < -0.3 is 9.73 Å². The number of nitro groups is 1. The van der Waals surface area contributed by atoms with Crippen LogP contribution < -0.4 is 5.32 Å². The Kier molecular flexibility index (Phi) is 4.27. The molecule has 0 radical (unpaired) electrons. The monoisotopic (exact) mass is 293 g/mol. The molecule has 0 aliphatic heterocycles. The molecule has 0 saturated heterocycles. The van der Waals surface area contributed by atoms with Crippen molar-refractivity contribution < 1.29 is 18.5 Å². The minimum atomic E-state index is -0.989. The van der Waals surface area contributed by atoms with Gasteiger partial charge in [-0.2, -0.15) is 4.39 Å². The molecule has 0 bridgehead atoms. The number of carbonyl (C=O) groups is 1. The van der Waals surface area contributed by atoms with Crippen LogP contribution in [-0.2, 0) is 13.0 Å². The topological polar surface area (TPSA) is 98.3 Å². The Morgan fingerprint density at radius 2 is 2.29 bits per heavy atom. The van der Waals surface area contributed by atoms with Gasteiger partial charge in [0.05, 0.1) is 17.7 Å². The Hall–Kier alpha value is -2.77. The molecule has 0 fully saturated rings. The average molecular weight is 293 g/mol. The van der Waals surface area contributed by atoms with Crippen LogP contribution in [0.1, 0.15) is 28.9 Å². The lowest BCUT2D eigenvalue weighted by molar-refractivity contribution is -0.387. The lowest BCUT2D eigenvalue weighted by Gasteiger charge is -2.03. The van der Waals surface area contributed by atoms with E-state index in [9.17, 15) is 19.3 Å². The van der Waals surface area contributed by atoms with Gasteiger partial charge in [0.2, 0.25) is 11.7 Å². The SMILES string of the molecule is CCc1cnc(CNC(=O)c2ccc(F)c([N+](=O)[O-])c2)o1. The van der Waals surface area contributed by atoms with Gasteiger partial charge in [-0.15, -0.1) is 0 Å². The highest BCUT2D eigenvalue weighted by Gasteiger charge is 2.17. The third-order valence-corrected chi connectivity index (χ3v) is 2.76. The zero-order valence-corrected chi connectivity index (χ0v) is 11.1. The van der Waals surface area contributed by atoms with E-state index in [-0.39, 0.29) is 12.1 Å². The first-order chi connectivity index (χ1) is 10.0. The zero-order chi connectivity index (χ0) is 15.4. The number of nitrogens with zero attached hydrogens (tertiary/aromatic N) is 2. The Labute approximate surface area is 118 Å². The molecule has 1 N–H and O–H groups in total. The van der Waals surface area contributed by atoms with Gasteiger partial charge in [-0.1, -0.05) is 6.92 Å². The van der Waals surface area contributed by atoms with Crippen molar-refractivity contribution in [1.82, 2.24) is 10.3 Å². The highest BCUT2D eigenvalue weighted by atomic mass is 19.1. The highest BCUT2D eigenvalue weighted by Crippen LogP contribution is 2.18. The zero-order valence-electron chi connectivity index (χ0n) is 11.1. The predicted octanol–water partition coefficient (Wildman–Crippen LogP) is 2.21. The van der Waals surface area contributed by atoms with E-state index in [4.69, 9.17) is 4.42 Å². The number of hydrogen-bond donors (Lipinski definition) is 1. The van der Waals surface area contributed by atoms with E-state index in [2.05, 4.69) is 10.3 Å². The van der Waals surface area contributed by atoms with Crippen molar-refractivity contribution in [2.45, 2.75) is 19.9 Å². The summed E-state index contributed by atoms with van der Waals surface area (Å²) in [5, 5.41) is 13.1. The molecule has 0 unspecified atom stereocenters. The molecule has 8 heteroatoms. The van der Waals surface area contributed by atoms with E-state index in [0.717, 1.165) is 12.1 Å². The first kappa shape index (κ1) is 14.6. The first-order valence-electron chi connectivity index (χ1n) is 6.17. The average Bonchev–Trinajstić information content (AvgIpc) is 2.93. The normalized spacial score (nSPS) is 10.4. The molecule has 0 aliphatic carbocycles. The summed E-state index contributed by atoms with van der Waals surface area (Å²) in [5.74, 6) is -0.542. The quantitative estimate of drug-likeness (QED) is 0.673. The molecular formula is C13H12FN3O4. The molecule has 1 amide bonds. The van der Waals surface area contributed by atoms with Crippen LogP contribution in [0.15, 0.2) is 28.8 Å². The number of aryl methyl sites for hydroxylation is 1. The van der Waals surface area contributed by atoms with Crippen LogP contribution in [0.2, 0.25) is 0 Å². The van der Waals surface area contributed by atoms with Crippen LogP contribution in [0.25, 0.3) is 0 Å². The van der Waals surface area contributed by atoms with Crippen molar-refractivity contribution in [2.24, 2.45) is 0 Å². The Balaban J connectivity index is 2.06. The van der Waals surface area contributed by atoms with Crippen molar-refractivity contribution in [3.63, 3.8) is 0 Å². The largest absolute Gasteiger partial charge is 0.444 e. The van der Waals surface area contributed by atoms with E-state index in [0.29, 0.717) is 18.1 Å². The lowest BCUT2D eigenvalue weighted by atomic mass is 10.2. The summed E-state index contributed by atoms with van der Waals surface area (Å²) in [4.78, 5) is 25.6. The smallest absolute Gasteiger partial charge is 0.305 e. The van der Waals surface area contributed by atoms with Crippen LogP contribution in [0.5, 0.6) is 0 Å². The summed E-state index contributed by atoms with van der Waals surface area (Å²) in [6.07, 6.45) is 2.25. The Morgan fingerprint density at radius 3 is 2.90 bits per heavy atom. The molecular weight excluding hydrogens is 281 g/mol. The van der Waals surface area contributed by atoms with Gasteiger partial charge in [0, 0.05) is 18.1 Å². The summed E-state index contributed by atoms with van der Waals surface area (Å²) in [5.41, 5.74) is -0.752. The molecule has 110 valence electrons. The summed E-state index contributed by atoms with van der Waals surface area (Å²) in [6, 6.07) is 2.94. The third kappa shape index (κ3) is 3.41. The van der Waals surface area contributed by atoms with Crippen LogP contribution in [0.4, 0.5) is 10.1 Å². The number of amides is 1. The number of oxazole rings is 1. The maximum absolute atomic E-state index is 13.2. The number of rotatable bonds is 5. The van der Waals surface area contributed by atoms with Gasteiger partial charge in [0.1, 0.15) is 5.76 Å². The van der Waals surface area contributed by atoms with Crippen LogP contribution in [0.3, 0.4) is 0 Å². The van der Waals surface area contributed by atoms with Crippen LogP contribution in [-0.4, -0.2) is 15.8 Å². The summed E-state index contributed by atoms with van der Waals surface area (Å²) in [7, 11) is 0. The van der Waals surface area contributed by atoms with E-state index >= 15 is 0 Å². The fraction of sp³-hybridized carbons (Fsp3) is 0.231. The Bertz CT molecular complexity index is 684. The molecule has 0 spiro atoms. The summed E-state index contributed by atoms with van der Waals surface area (Å²) < 4.78 is 18.5. The van der Waals surface area contributed by atoms with Gasteiger partial charge >= 0.3 is 5.69 Å². The number of nitro benzene ring substituents is 1. The summed E-state index contributed by atoms with van der Waals surface area (Å²) in [6.45, 7) is 1.95. The van der Waals surface area contributed by atoms with Crippen molar-refractivity contribution in [3.8, 4) is 0 Å². The second-order valence-corrected chi connectivity index (χ2v) is 4.18. The second kappa shape index (κ2) is 6.12. The molecule has 7 nitrogen and oxygen atoms in total. The van der Waals surface area contributed by atoms with E-state index in [1.807, 2.05) is 6.92 Å². The summed E-state index contributed by atoms with van der Waals surface area (Å²) >= 11 is 0. The number of benzene rings is 1. The highest BCUT2D eigenvalue weighted by molar-refractivity contribution is 5.94. The van der Waals surface area contributed by atoms with Gasteiger partial charge in [0.25, 0.3) is 5.91 Å². The standard InChI is InChI=1S/C13H12FN3O4/c1-2-9-6-15-12(21-9)7-16-13(18)8-3-4-10(14)11(5-8)17(19)20/h3-6H,2,7H2,1H3,(H,16,18). The maximum Gasteiger partial charge on any atom is 0.305 e. The lowest BCUT2D eigenvalue weighted by Crippen LogP contribution is -2.23. The third-order valence-electron chi connectivity index (χ3n) is 2.76. The number of hydrogen-bond acceptors (Lipinski definition) is 5. The van der Waals surface area contributed by atoms with Gasteiger partial charge in [-0.3, -0.25) is 14.9 Å². The molecule has 0 atom stereocenters.